The van der Waals surface area contributed by atoms with Gasteiger partial charge in [-0.2, -0.15) is 0 Å². The molecule has 0 aromatic carbocycles. The number of hydrogen-bond donors (Lipinski definition) is 1. The Kier molecular flexibility index (Phi) is 4.05. The minimum atomic E-state index is -0.112. The number of urea groups is 1. The predicted molar refractivity (Wildman–Crippen MR) is 76.0 cm³/mol. The lowest BCUT2D eigenvalue weighted by Gasteiger charge is -2.43. The molecule has 108 valence electrons. The molecule has 1 unspecified atom stereocenters. The van der Waals surface area contributed by atoms with Crippen molar-refractivity contribution < 1.29 is 9.53 Å². The third-order valence-corrected chi connectivity index (χ3v) is 3.89. The van der Waals surface area contributed by atoms with Gasteiger partial charge in [-0.25, -0.2) is 4.79 Å². The minimum Gasteiger partial charge on any atom is -0.378 e. The van der Waals surface area contributed by atoms with Crippen LogP contribution >= 0.6 is 11.6 Å². The average molecular weight is 297 g/mol. The highest BCUT2D eigenvalue weighted by molar-refractivity contribution is 6.30. The van der Waals surface area contributed by atoms with Crippen molar-refractivity contribution in [2.45, 2.75) is 6.04 Å². The molecule has 1 aromatic heterocycles. The maximum absolute atomic E-state index is 12.2. The molecule has 1 atom stereocenters. The second kappa shape index (κ2) is 5.95. The SMILES string of the molecule is O=C(Nc1cncc(Cl)c1)N1CCN2CCOCC2C1. The molecular weight excluding hydrogens is 280 g/mol. The maximum atomic E-state index is 12.2. The first kappa shape index (κ1) is 13.6. The summed E-state index contributed by atoms with van der Waals surface area (Å²) in [6.45, 7) is 4.77. The van der Waals surface area contributed by atoms with Crippen LogP contribution < -0.4 is 5.32 Å². The number of pyridine rings is 1. The molecule has 2 fully saturated rings. The van der Waals surface area contributed by atoms with E-state index >= 15 is 0 Å². The summed E-state index contributed by atoms with van der Waals surface area (Å²) in [6.07, 6.45) is 3.12. The lowest BCUT2D eigenvalue weighted by atomic mass is 10.1. The van der Waals surface area contributed by atoms with Crippen LogP contribution in [0.1, 0.15) is 0 Å². The van der Waals surface area contributed by atoms with Crippen molar-refractivity contribution in [1.82, 2.24) is 14.8 Å². The van der Waals surface area contributed by atoms with E-state index in [1.807, 2.05) is 4.90 Å². The average Bonchev–Trinajstić information content (AvgIpc) is 2.47. The molecule has 6 nitrogen and oxygen atoms in total. The van der Waals surface area contributed by atoms with Gasteiger partial charge in [0.2, 0.25) is 0 Å². The summed E-state index contributed by atoms with van der Waals surface area (Å²) in [6, 6.07) is 1.88. The van der Waals surface area contributed by atoms with Gasteiger partial charge in [0.05, 0.1) is 36.2 Å². The fourth-order valence-electron chi connectivity index (χ4n) is 2.61. The number of amides is 2. The Morgan fingerprint density at radius 3 is 3.15 bits per heavy atom. The summed E-state index contributed by atoms with van der Waals surface area (Å²) in [5.41, 5.74) is 0.616. The van der Waals surface area contributed by atoms with Gasteiger partial charge in [0.25, 0.3) is 0 Å². The van der Waals surface area contributed by atoms with E-state index in [-0.39, 0.29) is 6.03 Å². The van der Waals surface area contributed by atoms with Crippen LogP contribution in [0.25, 0.3) is 0 Å². The van der Waals surface area contributed by atoms with E-state index in [9.17, 15) is 4.79 Å². The molecule has 2 amide bonds. The van der Waals surface area contributed by atoms with Gasteiger partial charge in [0.15, 0.2) is 0 Å². The van der Waals surface area contributed by atoms with Crippen LogP contribution in [0.5, 0.6) is 0 Å². The molecule has 1 N–H and O–H groups in total. The molecule has 0 saturated carbocycles. The van der Waals surface area contributed by atoms with Gasteiger partial charge in [-0.05, 0) is 6.07 Å². The third-order valence-electron chi connectivity index (χ3n) is 3.68. The van der Waals surface area contributed by atoms with Crippen molar-refractivity contribution in [3.63, 3.8) is 0 Å². The Bertz CT molecular complexity index is 499. The molecule has 2 aliphatic rings. The van der Waals surface area contributed by atoms with Gasteiger partial charge in [0, 0.05) is 32.4 Å². The fraction of sp³-hybridized carbons (Fsp3) is 0.538. The number of anilines is 1. The van der Waals surface area contributed by atoms with Crippen LogP contribution in [0, 0.1) is 0 Å². The molecule has 1 aromatic rings. The molecular formula is C13H17ClN4O2. The molecule has 7 heteroatoms. The van der Waals surface area contributed by atoms with Gasteiger partial charge in [-0.3, -0.25) is 9.88 Å². The molecule has 3 rings (SSSR count). The van der Waals surface area contributed by atoms with Crippen molar-refractivity contribution >= 4 is 23.3 Å². The second-order valence-corrected chi connectivity index (χ2v) is 5.47. The molecule has 0 aliphatic carbocycles. The monoisotopic (exact) mass is 296 g/mol. The second-order valence-electron chi connectivity index (χ2n) is 5.03. The topological polar surface area (TPSA) is 57.7 Å². The van der Waals surface area contributed by atoms with E-state index in [1.165, 1.54) is 6.20 Å². The Hall–Kier alpha value is -1.37. The van der Waals surface area contributed by atoms with Crippen LogP contribution in [-0.2, 0) is 4.74 Å². The van der Waals surface area contributed by atoms with Crippen molar-refractivity contribution in [2.75, 3.05) is 44.7 Å². The van der Waals surface area contributed by atoms with E-state index in [0.717, 1.165) is 26.2 Å². The van der Waals surface area contributed by atoms with Crippen LogP contribution in [0.15, 0.2) is 18.5 Å². The molecule has 0 bridgehead atoms. The lowest BCUT2D eigenvalue weighted by Crippen LogP contribution is -2.59. The molecule has 2 saturated heterocycles. The van der Waals surface area contributed by atoms with Gasteiger partial charge in [-0.15, -0.1) is 0 Å². The number of ether oxygens (including phenoxy) is 1. The number of nitrogens with one attached hydrogen (secondary N) is 1. The number of rotatable bonds is 1. The number of hydrogen-bond acceptors (Lipinski definition) is 4. The van der Waals surface area contributed by atoms with Crippen LogP contribution in [0.2, 0.25) is 5.02 Å². The van der Waals surface area contributed by atoms with Gasteiger partial charge >= 0.3 is 6.03 Å². The number of aromatic nitrogens is 1. The molecule has 20 heavy (non-hydrogen) atoms. The summed E-state index contributed by atoms with van der Waals surface area (Å²) in [4.78, 5) is 20.4. The number of carbonyl (C=O) groups excluding carboxylic acids is 1. The fourth-order valence-corrected chi connectivity index (χ4v) is 2.79. The minimum absolute atomic E-state index is 0.112. The first-order chi connectivity index (χ1) is 9.72. The number of halogens is 1. The zero-order valence-corrected chi connectivity index (χ0v) is 11.8. The lowest BCUT2D eigenvalue weighted by molar-refractivity contribution is -0.0355. The van der Waals surface area contributed by atoms with E-state index in [1.54, 1.807) is 12.3 Å². The zero-order valence-electron chi connectivity index (χ0n) is 11.1. The molecule has 0 radical (unpaired) electrons. The standard InChI is InChI=1S/C13H17ClN4O2/c14-10-5-11(7-15-6-10)16-13(19)18-2-1-17-3-4-20-9-12(17)8-18/h5-7,12H,1-4,8-9H2,(H,16,19). The van der Waals surface area contributed by atoms with Crippen molar-refractivity contribution in [2.24, 2.45) is 0 Å². The number of carbonyl (C=O) groups is 1. The summed E-state index contributed by atoms with van der Waals surface area (Å²) >= 11 is 5.85. The van der Waals surface area contributed by atoms with Crippen LogP contribution in [-0.4, -0.2) is 66.2 Å². The number of piperazine rings is 1. The number of fused-ring (bicyclic) bond motifs is 1. The Morgan fingerprint density at radius 2 is 2.30 bits per heavy atom. The van der Waals surface area contributed by atoms with Crippen molar-refractivity contribution in [1.29, 1.82) is 0 Å². The van der Waals surface area contributed by atoms with E-state index in [0.29, 0.717) is 29.9 Å². The summed E-state index contributed by atoms with van der Waals surface area (Å²) < 4.78 is 5.47. The largest absolute Gasteiger partial charge is 0.378 e. The van der Waals surface area contributed by atoms with Gasteiger partial charge in [-0.1, -0.05) is 11.6 Å². The first-order valence-electron chi connectivity index (χ1n) is 6.70. The Morgan fingerprint density at radius 1 is 1.40 bits per heavy atom. The summed E-state index contributed by atoms with van der Waals surface area (Å²) in [7, 11) is 0. The van der Waals surface area contributed by atoms with E-state index in [2.05, 4.69) is 15.2 Å². The summed E-state index contributed by atoms with van der Waals surface area (Å²) in [5, 5.41) is 3.34. The predicted octanol–water partition coefficient (Wildman–Crippen LogP) is 1.28. The normalized spacial score (nSPS) is 23.2. The molecule has 0 spiro atoms. The smallest absolute Gasteiger partial charge is 0.321 e. The molecule has 2 aliphatic heterocycles. The highest BCUT2D eigenvalue weighted by Gasteiger charge is 2.31. The van der Waals surface area contributed by atoms with Crippen LogP contribution in [0.3, 0.4) is 0 Å². The Labute approximate surface area is 122 Å². The van der Waals surface area contributed by atoms with Crippen molar-refractivity contribution in [3.8, 4) is 0 Å². The van der Waals surface area contributed by atoms with Gasteiger partial charge < -0.3 is 15.0 Å². The Balaban J connectivity index is 1.60. The highest BCUT2D eigenvalue weighted by atomic mass is 35.5. The first-order valence-corrected chi connectivity index (χ1v) is 7.08. The number of morpholine rings is 1. The van der Waals surface area contributed by atoms with Gasteiger partial charge in [0.1, 0.15) is 0 Å². The zero-order chi connectivity index (χ0) is 13.9. The highest BCUT2D eigenvalue weighted by Crippen LogP contribution is 2.16. The maximum Gasteiger partial charge on any atom is 0.321 e. The quantitative estimate of drug-likeness (QED) is 0.848. The summed E-state index contributed by atoms with van der Waals surface area (Å²) in [5.74, 6) is 0. The van der Waals surface area contributed by atoms with Crippen molar-refractivity contribution in [3.05, 3.63) is 23.5 Å². The van der Waals surface area contributed by atoms with Crippen LogP contribution in [0.4, 0.5) is 10.5 Å². The third kappa shape index (κ3) is 3.03. The molecule has 3 heterocycles. The van der Waals surface area contributed by atoms with E-state index in [4.69, 9.17) is 16.3 Å². The number of nitrogens with zero attached hydrogens (tertiary/aromatic N) is 3. The van der Waals surface area contributed by atoms with E-state index < -0.39 is 0 Å².